The Kier molecular flexibility index (Phi) is 4.69. The molecule has 1 aliphatic heterocycles. The van der Waals surface area contributed by atoms with Gasteiger partial charge >= 0.3 is 0 Å². The number of methoxy groups -OCH3 is 2. The summed E-state index contributed by atoms with van der Waals surface area (Å²) in [5, 5.41) is 13.9. The van der Waals surface area contributed by atoms with E-state index in [1.54, 1.807) is 48.3 Å². The number of carbonyl (C=O) groups excluding carboxylic acids is 1. The lowest BCUT2D eigenvalue weighted by Gasteiger charge is -2.31. The van der Waals surface area contributed by atoms with Crippen LogP contribution in [0.25, 0.3) is 4.96 Å². The standard InChI is InChI=1S/C18H21N5O3S/c1-11-19-20-18-23(11)21-16(27-18)12-4-6-22(7-5-12)17(24)13-8-14(25-2)10-15(9-13)26-3/h8-10,12H,4-7H2,1-3H3. The first-order valence-electron chi connectivity index (χ1n) is 8.80. The number of benzene rings is 1. The maximum Gasteiger partial charge on any atom is 0.254 e. The zero-order valence-electron chi connectivity index (χ0n) is 15.5. The molecule has 0 spiro atoms. The number of rotatable bonds is 4. The second-order valence-corrected chi connectivity index (χ2v) is 7.54. The van der Waals surface area contributed by atoms with Gasteiger partial charge in [-0.25, -0.2) is 0 Å². The minimum absolute atomic E-state index is 0.000337. The number of aromatic nitrogens is 4. The van der Waals surface area contributed by atoms with Gasteiger partial charge in [0.05, 0.1) is 14.2 Å². The van der Waals surface area contributed by atoms with Gasteiger partial charge in [-0.15, -0.1) is 10.2 Å². The number of nitrogens with zero attached hydrogens (tertiary/aromatic N) is 5. The fraction of sp³-hybridized carbons (Fsp3) is 0.444. The van der Waals surface area contributed by atoms with Gasteiger partial charge in [0.2, 0.25) is 4.96 Å². The number of ether oxygens (including phenoxy) is 2. The molecule has 0 unspecified atom stereocenters. The van der Waals surface area contributed by atoms with Crippen molar-refractivity contribution in [2.24, 2.45) is 0 Å². The van der Waals surface area contributed by atoms with E-state index in [1.807, 2.05) is 11.8 Å². The number of carbonyl (C=O) groups is 1. The number of aryl methyl sites for hydroxylation is 1. The Morgan fingerprint density at radius 2 is 1.78 bits per heavy atom. The minimum atomic E-state index is -0.000337. The number of likely N-dealkylation sites (tertiary alicyclic amines) is 1. The van der Waals surface area contributed by atoms with Gasteiger partial charge in [-0.2, -0.15) is 9.61 Å². The van der Waals surface area contributed by atoms with Crippen LogP contribution in [0.1, 0.15) is 39.9 Å². The molecule has 1 aliphatic rings. The van der Waals surface area contributed by atoms with E-state index >= 15 is 0 Å². The Labute approximate surface area is 160 Å². The fourth-order valence-electron chi connectivity index (χ4n) is 3.34. The molecule has 142 valence electrons. The third-order valence-electron chi connectivity index (χ3n) is 4.89. The Balaban J connectivity index is 1.46. The lowest BCUT2D eigenvalue weighted by molar-refractivity contribution is 0.0712. The third kappa shape index (κ3) is 3.34. The maximum absolute atomic E-state index is 12.9. The number of fused-ring (bicyclic) bond motifs is 1. The van der Waals surface area contributed by atoms with E-state index in [2.05, 4.69) is 15.3 Å². The summed E-state index contributed by atoms with van der Waals surface area (Å²) in [6.07, 6.45) is 1.77. The summed E-state index contributed by atoms with van der Waals surface area (Å²) in [5.41, 5.74) is 0.582. The Morgan fingerprint density at radius 3 is 2.37 bits per heavy atom. The van der Waals surface area contributed by atoms with Gasteiger partial charge in [0.1, 0.15) is 16.5 Å². The molecule has 4 rings (SSSR count). The molecule has 9 heteroatoms. The molecule has 0 N–H and O–H groups in total. The number of hydrogen-bond acceptors (Lipinski definition) is 7. The Hall–Kier alpha value is -2.68. The molecule has 0 radical (unpaired) electrons. The maximum atomic E-state index is 12.9. The van der Waals surface area contributed by atoms with E-state index < -0.39 is 0 Å². The summed E-state index contributed by atoms with van der Waals surface area (Å²) in [6, 6.07) is 5.27. The van der Waals surface area contributed by atoms with E-state index in [0.717, 1.165) is 28.6 Å². The van der Waals surface area contributed by atoms with Gasteiger partial charge in [-0.1, -0.05) is 11.3 Å². The fourth-order valence-corrected chi connectivity index (χ4v) is 4.39. The molecule has 0 aliphatic carbocycles. The first kappa shape index (κ1) is 17.7. The van der Waals surface area contributed by atoms with Crippen molar-refractivity contribution in [3.8, 4) is 11.5 Å². The quantitative estimate of drug-likeness (QED) is 0.684. The first-order chi connectivity index (χ1) is 13.1. The second kappa shape index (κ2) is 7.15. The van der Waals surface area contributed by atoms with Crippen molar-refractivity contribution in [2.45, 2.75) is 25.7 Å². The van der Waals surface area contributed by atoms with Gasteiger partial charge in [0.25, 0.3) is 5.91 Å². The average molecular weight is 387 g/mol. The van der Waals surface area contributed by atoms with Gasteiger partial charge < -0.3 is 14.4 Å². The normalized spacial score (nSPS) is 15.3. The molecule has 8 nitrogen and oxygen atoms in total. The minimum Gasteiger partial charge on any atom is -0.497 e. The van der Waals surface area contributed by atoms with Crippen LogP contribution in [0.4, 0.5) is 0 Å². The largest absolute Gasteiger partial charge is 0.497 e. The zero-order valence-corrected chi connectivity index (χ0v) is 16.3. The molecule has 1 fully saturated rings. The highest BCUT2D eigenvalue weighted by molar-refractivity contribution is 7.16. The summed E-state index contributed by atoms with van der Waals surface area (Å²) >= 11 is 1.58. The van der Waals surface area contributed by atoms with Crippen molar-refractivity contribution in [3.63, 3.8) is 0 Å². The van der Waals surface area contributed by atoms with Crippen molar-refractivity contribution >= 4 is 22.2 Å². The zero-order chi connectivity index (χ0) is 19.0. The van der Waals surface area contributed by atoms with E-state index in [9.17, 15) is 4.79 Å². The summed E-state index contributed by atoms with van der Waals surface area (Å²) < 4.78 is 12.3. The topological polar surface area (TPSA) is 81.9 Å². The summed E-state index contributed by atoms with van der Waals surface area (Å²) in [7, 11) is 3.16. The molecule has 1 aromatic carbocycles. The van der Waals surface area contributed by atoms with Gasteiger partial charge in [-0.05, 0) is 31.9 Å². The van der Waals surface area contributed by atoms with Crippen molar-refractivity contribution in [1.29, 1.82) is 0 Å². The molecule has 3 heterocycles. The van der Waals surface area contributed by atoms with E-state index in [0.29, 0.717) is 36.1 Å². The van der Waals surface area contributed by atoms with Crippen molar-refractivity contribution < 1.29 is 14.3 Å². The van der Waals surface area contributed by atoms with Gasteiger partial charge in [0, 0.05) is 30.6 Å². The lowest BCUT2D eigenvalue weighted by Crippen LogP contribution is -2.38. The Morgan fingerprint density at radius 1 is 1.11 bits per heavy atom. The number of piperidine rings is 1. The molecular formula is C18H21N5O3S. The van der Waals surface area contributed by atoms with Gasteiger partial charge in [0.15, 0.2) is 5.82 Å². The SMILES string of the molecule is COc1cc(OC)cc(C(=O)N2CCC(c3nn4c(C)nnc4s3)CC2)c1. The molecule has 3 aromatic rings. The predicted octanol–water partition coefficient (Wildman–Crippen LogP) is 2.53. The number of hydrogen-bond donors (Lipinski definition) is 0. The van der Waals surface area contributed by atoms with Crippen LogP contribution in [0.2, 0.25) is 0 Å². The molecule has 0 bridgehead atoms. The van der Waals surface area contributed by atoms with Crippen LogP contribution in [-0.2, 0) is 0 Å². The van der Waals surface area contributed by atoms with Crippen LogP contribution >= 0.6 is 11.3 Å². The molecule has 0 saturated carbocycles. The average Bonchev–Trinajstić information content (AvgIpc) is 3.29. The highest BCUT2D eigenvalue weighted by atomic mass is 32.1. The second-order valence-electron chi connectivity index (χ2n) is 6.55. The Bertz CT molecular complexity index is 952. The summed E-state index contributed by atoms with van der Waals surface area (Å²) in [6.45, 7) is 3.29. The highest BCUT2D eigenvalue weighted by Gasteiger charge is 2.27. The van der Waals surface area contributed by atoms with Crippen LogP contribution < -0.4 is 9.47 Å². The van der Waals surface area contributed by atoms with Crippen molar-refractivity contribution in [1.82, 2.24) is 24.7 Å². The van der Waals surface area contributed by atoms with Crippen molar-refractivity contribution in [3.05, 3.63) is 34.6 Å². The summed E-state index contributed by atoms with van der Waals surface area (Å²) in [4.78, 5) is 15.6. The molecule has 0 atom stereocenters. The number of amides is 1. The van der Waals surface area contributed by atoms with Crippen LogP contribution in [0.3, 0.4) is 0 Å². The summed E-state index contributed by atoms with van der Waals surface area (Å²) in [5.74, 6) is 2.37. The molecule has 1 saturated heterocycles. The molecular weight excluding hydrogens is 366 g/mol. The smallest absolute Gasteiger partial charge is 0.254 e. The van der Waals surface area contributed by atoms with E-state index in [1.165, 1.54) is 0 Å². The van der Waals surface area contributed by atoms with E-state index in [4.69, 9.17) is 9.47 Å². The molecule has 27 heavy (non-hydrogen) atoms. The predicted molar refractivity (Wildman–Crippen MR) is 101 cm³/mol. The van der Waals surface area contributed by atoms with E-state index in [-0.39, 0.29) is 5.91 Å². The lowest BCUT2D eigenvalue weighted by atomic mass is 9.97. The highest BCUT2D eigenvalue weighted by Crippen LogP contribution is 2.32. The van der Waals surface area contributed by atoms with Crippen LogP contribution in [0.5, 0.6) is 11.5 Å². The third-order valence-corrected chi connectivity index (χ3v) is 5.95. The molecule has 2 aromatic heterocycles. The van der Waals surface area contributed by atoms with Gasteiger partial charge in [-0.3, -0.25) is 4.79 Å². The van der Waals surface area contributed by atoms with Crippen LogP contribution in [0.15, 0.2) is 18.2 Å². The van der Waals surface area contributed by atoms with Crippen LogP contribution in [0, 0.1) is 6.92 Å². The van der Waals surface area contributed by atoms with Crippen molar-refractivity contribution in [2.75, 3.05) is 27.3 Å². The first-order valence-corrected chi connectivity index (χ1v) is 9.61. The molecule has 1 amide bonds. The monoisotopic (exact) mass is 387 g/mol. The van der Waals surface area contributed by atoms with Crippen LogP contribution in [-0.4, -0.2) is 57.9 Å².